The standard InChI is InChI=1S/C6H12N6O2/c1-5(9-11-7)13-3-4-14-6(2)10-12-8/h5-6H,3-4H2,1-2H3. The second kappa shape index (κ2) is 8.15. The van der Waals surface area contributed by atoms with Crippen LogP contribution in [0.2, 0.25) is 0 Å². The van der Waals surface area contributed by atoms with Gasteiger partial charge in [0.2, 0.25) is 0 Å². The van der Waals surface area contributed by atoms with Crippen molar-refractivity contribution in [3.8, 4) is 0 Å². The number of rotatable bonds is 7. The second-order valence-corrected chi connectivity index (χ2v) is 2.35. The maximum Gasteiger partial charge on any atom is 0.133 e. The molecular weight excluding hydrogens is 188 g/mol. The van der Waals surface area contributed by atoms with Gasteiger partial charge < -0.3 is 9.47 Å². The van der Waals surface area contributed by atoms with E-state index in [9.17, 15) is 0 Å². The molecule has 0 rings (SSSR count). The van der Waals surface area contributed by atoms with Gasteiger partial charge in [0.1, 0.15) is 12.5 Å². The highest BCUT2D eigenvalue weighted by Gasteiger charge is 1.99. The van der Waals surface area contributed by atoms with Crippen LogP contribution in [0.25, 0.3) is 20.9 Å². The van der Waals surface area contributed by atoms with E-state index in [2.05, 4.69) is 20.1 Å². The first kappa shape index (κ1) is 12.5. The Labute approximate surface area is 81.1 Å². The van der Waals surface area contributed by atoms with Crippen molar-refractivity contribution in [1.29, 1.82) is 0 Å². The first-order chi connectivity index (χ1) is 6.70. The normalized spacial score (nSPS) is 13.6. The molecule has 0 aliphatic carbocycles. The van der Waals surface area contributed by atoms with Crippen molar-refractivity contribution in [1.82, 2.24) is 0 Å². The van der Waals surface area contributed by atoms with Crippen molar-refractivity contribution in [2.45, 2.75) is 26.3 Å². The van der Waals surface area contributed by atoms with E-state index >= 15 is 0 Å². The summed E-state index contributed by atoms with van der Waals surface area (Å²) in [7, 11) is 0. The summed E-state index contributed by atoms with van der Waals surface area (Å²) in [4.78, 5) is 5.14. The molecule has 0 saturated heterocycles. The molecule has 0 fully saturated rings. The van der Waals surface area contributed by atoms with Gasteiger partial charge in [-0.1, -0.05) is 10.2 Å². The van der Waals surface area contributed by atoms with Crippen molar-refractivity contribution < 1.29 is 9.47 Å². The second-order valence-electron chi connectivity index (χ2n) is 2.35. The number of hydrogen-bond acceptors (Lipinski definition) is 4. The van der Waals surface area contributed by atoms with Gasteiger partial charge in [0.05, 0.1) is 13.2 Å². The van der Waals surface area contributed by atoms with Crippen molar-refractivity contribution in [3.63, 3.8) is 0 Å². The van der Waals surface area contributed by atoms with Crippen LogP contribution in [0.3, 0.4) is 0 Å². The predicted octanol–water partition coefficient (Wildman–Crippen LogP) is 2.33. The zero-order valence-electron chi connectivity index (χ0n) is 8.07. The highest BCUT2D eigenvalue weighted by molar-refractivity contribution is 4.49. The molecule has 78 valence electrons. The molecule has 0 aromatic carbocycles. The van der Waals surface area contributed by atoms with E-state index in [4.69, 9.17) is 20.5 Å². The Morgan fingerprint density at radius 3 is 1.64 bits per heavy atom. The quantitative estimate of drug-likeness (QED) is 0.271. The zero-order valence-corrected chi connectivity index (χ0v) is 8.07. The van der Waals surface area contributed by atoms with Crippen LogP contribution in [0.5, 0.6) is 0 Å². The molecule has 0 radical (unpaired) electrons. The van der Waals surface area contributed by atoms with Gasteiger partial charge in [-0.2, -0.15) is 0 Å². The Hall–Kier alpha value is -1.46. The predicted molar refractivity (Wildman–Crippen MR) is 49.1 cm³/mol. The smallest absolute Gasteiger partial charge is 0.133 e. The molecule has 0 aromatic rings. The molecule has 2 atom stereocenters. The van der Waals surface area contributed by atoms with E-state index in [0.29, 0.717) is 0 Å². The monoisotopic (exact) mass is 200 g/mol. The summed E-state index contributed by atoms with van der Waals surface area (Å²) in [5.41, 5.74) is 16.1. The van der Waals surface area contributed by atoms with Crippen molar-refractivity contribution in [3.05, 3.63) is 20.9 Å². The lowest BCUT2D eigenvalue weighted by Crippen LogP contribution is -2.13. The summed E-state index contributed by atoms with van der Waals surface area (Å²) in [5, 5.41) is 6.60. The van der Waals surface area contributed by atoms with Crippen LogP contribution in [0.1, 0.15) is 13.8 Å². The molecule has 8 heteroatoms. The summed E-state index contributed by atoms with van der Waals surface area (Å²) >= 11 is 0. The topological polar surface area (TPSA) is 116 Å². The molecular formula is C6H12N6O2. The SMILES string of the molecule is CC(N=[N+]=[N-])OCCOC(C)N=[N+]=[N-]. The molecule has 0 bridgehead atoms. The Kier molecular flexibility index (Phi) is 7.30. The lowest BCUT2D eigenvalue weighted by molar-refractivity contribution is -0.00756. The van der Waals surface area contributed by atoms with Gasteiger partial charge >= 0.3 is 0 Å². The summed E-state index contributed by atoms with van der Waals surface area (Å²) in [6.07, 6.45) is -1.03. The fourth-order valence-electron chi connectivity index (χ4n) is 0.649. The van der Waals surface area contributed by atoms with Gasteiger partial charge in [0, 0.05) is 9.82 Å². The fourth-order valence-corrected chi connectivity index (χ4v) is 0.649. The van der Waals surface area contributed by atoms with Gasteiger partial charge in [0.25, 0.3) is 0 Å². The van der Waals surface area contributed by atoms with Crippen LogP contribution >= 0.6 is 0 Å². The maximum absolute atomic E-state index is 8.04. The molecule has 0 saturated carbocycles. The summed E-state index contributed by atoms with van der Waals surface area (Å²) in [6, 6.07) is 0. The van der Waals surface area contributed by atoms with Gasteiger partial charge in [-0.25, -0.2) is 0 Å². The maximum atomic E-state index is 8.04. The van der Waals surface area contributed by atoms with E-state index in [1.807, 2.05) is 0 Å². The van der Waals surface area contributed by atoms with Gasteiger partial charge in [-0.05, 0) is 24.9 Å². The Bertz CT molecular complexity index is 219. The highest BCUT2D eigenvalue weighted by atomic mass is 16.5. The van der Waals surface area contributed by atoms with Gasteiger partial charge in [-0.15, -0.1) is 0 Å². The minimum Gasteiger partial charge on any atom is -0.370 e. The minimum absolute atomic E-state index is 0.283. The van der Waals surface area contributed by atoms with Crippen molar-refractivity contribution >= 4 is 0 Å². The van der Waals surface area contributed by atoms with Crippen molar-refractivity contribution in [2.75, 3.05) is 13.2 Å². The first-order valence-electron chi connectivity index (χ1n) is 4.02. The minimum atomic E-state index is -0.515. The molecule has 0 aliphatic rings. The average Bonchev–Trinajstić information content (AvgIpc) is 2.13. The van der Waals surface area contributed by atoms with E-state index in [-0.39, 0.29) is 13.2 Å². The molecule has 0 amide bonds. The molecule has 0 aliphatic heterocycles. The van der Waals surface area contributed by atoms with Crippen LogP contribution in [0.4, 0.5) is 0 Å². The molecule has 14 heavy (non-hydrogen) atoms. The average molecular weight is 200 g/mol. The molecule has 0 aromatic heterocycles. The fraction of sp³-hybridized carbons (Fsp3) is 1.00. The highest BCUT2D eigenvalue weighted by Crippen LogP contribution is 1.95. The molecule has 0 N–H and O–H groups in total. The lowest BCUT2D eigenvalue weighted by Gasteiger charge is -2.09. The third-order valence-electron chi connectivity index (χ3n) is 1.23. The van der Waals surface area contributed by atoms with E-state index < -0.39 is 12.5 Å². The molecule has 8 nitrogen and oxygen atoms in total. The molecule has 0 spiro atoms. The third-order valence-corrected chi connectivity index (χ3v) is 1.23. The van der Waals surface area contributed by atoms with E-state index in [1.54, 1.807) is 13.8 Å². The van der Waals surface area contributed by atoms with Gasteiger partial charge in [-0.3, -0.25) is 0 Å². The lowest BCUT2D eigenvalue weighted by atomic mass is 10.6. The Morgan fingerprint density at radius 2 is 1.36 bits per heavy atom. The first-order valence-corrected chi connectivity index (χ1v) is 4.02. The van der Waals surface area contributed by atoms with Crippen LogP contribution in [0, 0.1) is 0 Å². The summed E-state index contributed by atoms with van der Waals surface area (Å²) in [5.74, 6) is 0. The van der Waals surface area contributed by atoms with Crippen LogP contribution in [0.15, 0.2) is 10.2 Å². The number of azide groups is 2. The van der Waals surface area contributed by atoms with Crippen LogP contribution < -0.4 is 0 Å². The van der Waals surface area contributed by atoms with Crippen LogP contribution in [-0.4, -0.2) is 25.7 Å². The Morgan fingerprint density at radius 1 is 1.00 bits per heavy atom. The van der Waals surface area contributed by atoms with E-state index in [0.717, 1.165) is 0 Å². The van der Waals surface area contributed by atoms with E-state index in [1.165, 1.54) is 0 Å². The molecule has 0 heterocycles. The largest absolute Gasteiger partial charge is 0.370 e. The summed E-state index contributed by atoms with van der Waals surface area (Å²) < 4.78 is 10.1. The number of hydrogen-bond donors (Lipinski definition) is 0. The number of ether oxygens (including phenoxy) is 2. The zero-order chi connectivity index (χ0) is 10.8. The van der Waals surface area contributed by atoms with Crippen LogP contribution in [-0.2, 0) is 9.47 Å². The van der Waals surface area contributed by atoms with Gasteiger partial charge in [0.15, 0.2) is 0 Å². The molecule has 2 unspecified atom stereocenters. The number of nitrogens with zero attached hydrogens (tertiary/aromatic N) is 6. The third kappa shape index (κ3) is 7.20. The van der Waals surface area contributed by atoms with Crippen molar-refractivity contribution in [2.24, 2.45) is 10.2 Å². The Balaban J connectivity index is 3.46. The summed E-state index contributed by atoms with van der Waals surface area (Å²) in [6.45, 7) is 3.81.